The van der Waals surface area contributed by atoms with E-state index < -0.39 is 0 Å². The molecule has 1 N–H and O–H groups in total. The molecule has 0 spiro atoms. The molecule has 2 atom stereocenters. The highest BCUT2D eigenvalue weighted by molar-refractivity contribution is 4.87. The fraction of sp³-hybridized carbons (Fsp3) is 1.00. The number of rotatable bonds is 4. The van der Waals surface area contributed by atoms with E-state index in [1.807, 2.05) is 0 Å². The fourth-order valence-corrected chi connectivity index (χ4v) is 2.77. The predicted octanol–water partition coefficient (Wildman–Crippen LogP) is 0.496. The lowest BCUT2D eigenvalue weighted by molar-refractivity contribution is -0.00147. The zero-order valence-electron chi connectivity index (χ0n) is 10.2. The Morgan fingerprint density at radius 1 is 1.56 bits per heavy atom. The van der Waals surface area contributed by atoms with Gasteiger partial charge in [0.25, 0.3) is 0 Å². The molecule has 0 radical (unpaired) electrons. The largest absolute Gasteiger partial charge is 0.396 e. The molecule has 2 heterocycles. The maximum absolute atomic E-state index is 9.53. The highest BCUT2D eigenvalue weighted by Gasteiger charge is 2.37. The van der Waals surface area contributed by atoms with Crippen molar-refractivity contribution in [2.24, 2.45) is 5.41 Å². The van der Waals surface area contributed by atoms with Crippen LogP contribution < -0.4 is 0 Å². The van der Waals surface area contributed by atoms with E-state index in [1.165, 1.54) is 6.42 Å². The van der Waals surface area contributed by atoms with Gasteiger partial charge in [0.05, 0.1) is 19.3 Å². The molecule has 0 saturated carbocycles. The third-order valence-electron chi connectivity index (χ3n) is 3.88. The monoisotopic (exact) mass is 229 g/mol. The van der Waals surface area contributed by atoms with Crippen molar-refractivity contribution in [3.8, 4) is 0 Å². The predicted molar refractivity (Wildman–Crippen MR) is 61.4 cm³/mol. The van der Waals surface area contributed by atoms with Crippen molar-refractivity contribution in [3.63, 3.8) is 0 Å². The van der Waals surface area contributed by atoms with Crippen molar-refractivity contribution in [2.45, 2.75) is 25.4 Å². The summed E-state index contributed by atoms with van der Waals surface area (Å²) >= 11 is 0. The normalized spacial score (nSPS) is 36.8. The van der Waals surface area contributed by atoms with E-state index in [9.17, 15) is 5.11 Å². The molecule has 0 aromatic carbocycles. The Morgan fingerprint density at radius 2 is 2.44 bits per heavy atom. The molecule has 2 rings (SSSR count). The maximum atomic E-state index is 9.53. The fourth-order valence-electron chi connectivity index (χ4n) is 2.77. The molecule has 2 aliphatic rings. The van der Waals surface area contributed by atoms with Crippen LogP contribution in [0, 0.1) is 5.41 Å². The molecular formula is C12H23NO3. The number of aliphatic hydroxyl groups is 1. The Kier molecular flexibility index (Phi) is 4.19. The summed E-state index contributed by atoms with van der Waals surface area (Å²) in [5.41, 5.74) is -0.0182. The minimum absolute atomic E-state index is 0.0182. The van der Waals surface area contributed by atoms with Crippen LogP contribution in [0.3, 0.4) is 0 Å². The van der Waals surface area contributed by atoms with Crippen LogP contribution in [-0.4, -0.2) is 62.7 Å². The van der Waals surface area contributed by atoms with Gasteiger partial charge in [-0.25, -0.2) is 0 Å². The number of hydrogen-bond donors (Lipinski definition) is 1. The second kappa shape index (κ2) is 5.45. The molecule has 2 aliphatic heterocycles. The summed E-state index contributed by atoms with van der Waals surface area (Å²) in [6.45, 7) is 4.81. The lowest BCUT2D eigenvalue weighted by Crippen LogP contribution is -2.46. The van der Waals surface area contributed by atoms with Gasteiger partial charge < -0.3 is 19.5 Å². The van der Waals surface area contributed by atoms with Crippen LogP contribution in [0.25, 0.3) is 0 Å². The van der Waals surface area contributed by atoms with Gasteiger partial charge in [-0.3, -0.25) is 0 Å². The van der Waals surface area contributed by atoms with Gasteiger partial charge in [-0.15, -0.1) is 0 Å². The molecule has 16 heavy (non-hydrogen) atoms. The maximum Gasteiger partial charge on any atom is 0.0698 e. The van der Waals surface area contributed by atoms with Crippen molar-refractivity contribution in [1.82, 2.24) is 4.90 Å². The van der Waals surface area contributed by atoms with E-state index in [4.69, 9.17) is 9.47 Å². The zero-order chi connectivity index (χ0) is 11.4. The van der Waals surface area contributed by atoms with Gasteiger partial charge in [0.2, 0.25) is 0 Å². The number of aliphatic hydroxyl groups excluding tert-OH is 1. The minimum Gasteiger partial charge on any atom is -0.396 e. The SMILES string of the molecule is COC1CCCN(CC2(CO)CCOC2)C1. The average molecular weight is 229 g/mol. The number of piperidine rings is 1. The first-order chi connectivity index (χ1) is 7.78. The third-order valence-corrected chi connectivity index (χ3v) is 3.88. The van der Waals surface area contributed by atoms with E-state index in [1.54, 1.807) is 7.11 Å². The topological polar surface area (TPSA) is 41.9 Å². The Balaban J connectivity index is 1.87. The van der Waals surface area contributed by atoms with Crippen LogP contribution in [0.15, 0.2) is 0 Å². The van der Waals surface area contributed by atoms with Crippen molar-refractivity contribution in [2.75, 3.05) is 46.6 Å². The minimum atomic E-state index is -0.0182. The molecule has 94 valence electrons. The second-order valence-electron chi connectivity index (χ2n) is 5.20. The zero-order valence-corrected chi connectivity index (χ0v) is 10.2. The van der Waals surface area contributed by atoms with Gasteiger partial charge in [0.15, 0.2) is 0 Å². The molecule has 0 aromatic rings. The van der Waals surface area contributed by atoms with Crippen LogP contribution in [0.2, 0.25) is 0 Å². The van der Waals surface area contributed by atoms with Gasteiger partial charge >= 0.3 is 0 Å². The van der Waals surface area contributed by atoms with Gasteiger partial charge in [0, 0.05) is 32.2 Å². The summed E-state index contributed by atoms with van der Waals surface area (Å²) < 4.78 is 10.8. The van der Waals surface area contributed by atoms with Crippen molar-refractivity contribution in [3.05, 3.63) is 0 Å². The first-order valence-electron chi connectivity index (χ1n) is 6.22. The van der Waals surface area contributed by atoms with Crippen molar-refractivity contribution in [1.29, 1.82) is 0 Å². The van der Waals surface area contributed by atoms with E-state index in [0.717, 1.165) is 39.1 Å². The van der Waals surface area contributed by atoms with E-state index >= 15 is 0 Å². The Hall–Kier alpha value is -0.160. The van der Waals surface area contributed by atoms with Crippen molar-refractivity contribution >= 4 is 0 Å². The summed E-state index contributed by atoms with van der Waals surface area (Å²) in [5.74, 6) is 0. The first kappa shape index (κ1) is 12.3. The molecule has 0 bridgehead atoms. The van der Waals surface area contributed by atoms with Crippen LogP contribution in [-0.2, 0) is 9.47 Å². The lowest BCUT2D eigenvalue weighted by Gasteiger charge is -2.37. The molecule has 2 saturated heterocycles. The molecule has 0 aromatic heterocycles. The summed E-state index contributed by atoms with van der Waals surface area (Å²) in [5, 5.41) is 9.53. The Morgan fingerprint density at radius 3 is 3.06 bits per heavy atom. The van der Waals surface area contributed by atoms with Gasteiger partial charge in [-0.05, 0) is 25.8 Å². The van der Waals surface area contributed by atoms with E-state index in [0.29, 0.717) is 12.7 Å². The first-order valence-corrected chi connectivity index (χ1v) is 6.22. The number of ether oxygens (including phenoxy) is 2. The second-order valence-corrected chi connectivity index (χ2v) is 5.20. The summed E-state index contributed by atoms with van der Waals surface area (Å²) in [6, 6.07) is 0. The molecule has 0 amide bonds. The standard InChI is InChI=1S/C12H23NO3/c1-15-11-3-2-5-13(7-11)8-12(9-14)4-6-16-10-12/h11,14H,2-10H2,1H3. The smallest absolute Gasteiger partial charge is 0.0698 e. The molecule has 2 unspecified atom stereocenters. The Labute approximate surface area is 97.5 Å². The highest BCUT2D eigenvalue weighted by Crippen LogP contribution is 2.30. The van der Waals surface area contributed by atoms with Gasteiger partial charge in [-0.2, -0.15) is 0 Å². The van der Waals surface area contributed by atoms with Gasteiger partial charge in [0.1, 0.15) is 0 Å². The highest BCUT2D eigenvalue weighted by atomic mass is 16.5. The van der Waals surface area contributed by atoms with Gasteiger partial charge in [-0.1, -0.05) is 0 Å². The lowest BCUT2D eigenvalue weighted by atomic mass is 9.87. The molecule has 4 nitrogen and oxygen atoms in total. The number of nitrogens with zero attached hydrogens (tertiary/aromatic N) is 1. The number of methoxy groups -OCH3 is 1. The molecule has 2 fully saturated rings. The Bertz CT molecular complexity index is 216. The molecule has 4 heteroatoms. The van der Waals surface area contributed by atoms with Crippen LogP contribution in [0.1, 0.15) is 19.3 Å². The number of likely N-dealkylation sites (tertiary alicyclic amines) is 1. The van der Waals surface area contributed by atoms with Crippen LogP contribution >= 0.6 is 0 Å². The number of hydrogen-bond acceptors (Lipinski definition) is 4. The summed E-state index contributed by atoms with van der Waals surface area (Å²) in [7, 11) is 1.79. The summed E-state index contributed by atoms with van der Waals surface area (Å²) in [4.78, 5) is 2.42. The summed E-state index contributed by atoms with van der Waals surface area (Å²) in [6.07, 6.45) is 3.71. The quantitative estimate of drug-likeness (QED) is 0.762. The van der Waals surface area contributed by atoms with Crippen LogP contribution in [0.5, 0.6) is 0 Å². The van der Waals surface area contributed by atoms with E-state index in [2.05, 4.69) is 4.90 Å². The van der Waals surface area contributed by atoms with Crippen LogP contribution in [0.4, 0.5) is 0 Å². The molecule has 0 aliphatic carbocycles. The average Bonchev–Trinajstić information content (AvgIpc) is 2.78. The molecular weight excluding hydrogens is 206 g/mol. The third kappa shape index (κ3) is 2.74. The van der Waals surface area contributed by atoms with Crippen molar-refractivity contribution < 1.29 is 14.6 Å². The van der Waals surface area contributed by atoms with E-state index in [-0.39, 0.29) is 12.0 Å².